The summed E-state index contributed by atoms with van der Waals surface area (Å²) in [5, 5.41) is 10.1. The van der Waals surface area contributed by atoms with Crippen molar-refractivity contribution in [3.63, 3.8) is 0 Å². The Morgan fingerprint density at radius 3 is 2.55 bits per heavy atom. The molecule has 1 N–H and O–H groups in total. The Hall–Kier alpha value is -1.02. The summed E-state index contributed by atoms with van der Waals surface area (Å²) in [5.74, 6) is 0.758. The Kier molecular flexibility index (Phi) is 4.93. The van der Waals surface area contributed by atoms with E-state index in [1.165, 1.54) is 5.57 Å². The van der Waals surface area contributed by atoms with Gasteiger partial charge in [-0.05, 0) is 80.6 Å². The van der Waals surface area contributed by atoms with Crippen LogP contribution in [0.15, 0.2) is 23.5 Å². The van der Waals surface area contributed by atoms with Crippen LogP contribution in [0.2, 0.25) is 0 Å². The fourth-order valence-electron chi connectivity index (χ4n) is 6.92. The number of fused-ring (bicyclic) bond motifs is 5. The zero-order valence-corrected chi connectivity index (χ0v) is 17.7. The van der Waals surface area contributed by atoms with Crippen molar-refractivity contribution in [3.8, 4) is 0 Å². The molecule has 4 nitrogen and oxygen atoms in total. The average molecular weight is 435 g/mol. The molecule has 0 amide bonds. The minimum atomic E-state index is -5.65. The van der Waals surface area contributed by atoms with Crippen molar-refractivity contribution in [2.24, 2.45) is 28.6 Å². The van der Waals surface area contributed by atoms with E-state index in [1.54, 1.807) is 6.08 Å². The lowest BCUT2D eigenvalue weighted by Crippen LogP contribution is -2.51. The highest BCUT2D eigenvalue weighted by molar-refractivity contribution is 7.87. The van der Waals surface area contributed by atoms with E-state index in [2.05, 4.69) is 17.2 Å². The van der Waals surface area contributed by atoms with Gasteiger partial charge in [0.15, 0.2) is 0 Å². The average Bonchev–Trinajstić information content (AvgIpc) is 2.96. The Bertz CT molecular complexity index is 846. The molecular formula is C21H29F3O4S. The predicted octanol–water partition coefficient (Wildman–Crippen LogP) is 5.06. The molecule has 0 spiro atoms. The van der Waals surface area contributed by atoms with E-state index in [0.717, 1.165) is 38.5 Å². The van der Waals surface area contributed by atoms with Gasteiger partial charge in [0.25, 0.3) is 0 Å². The molecule has 0 radical (unpaired) electrons. The molecule has 0 saturated heterocycles. The first-order valence-corrected chi connectivity index (χ1v) is 11.9. The van der Waals surface area contributed by atoms with Crippen LogP contribution in [0.1, 0.15) is 65.2 Å². The molecule has 0 aromatic rings. The quantitative estimate of drug-likeness (QED) is 0.383. The number of hydrogen-bond donors (Lipinski definition) is 1. The topological polar surface area (TPSA) is 63.6 Å². The van der Waals surface area contributed by atoms with Crippen LogP contribution in [0.3, 0.4) is 0 Å². The van der Waals surface area contributed by atoms with Gasteiger partial charge in [-0.25, -0.2) is 0 Å². The number of hydrogen-bond acceptors (Lipinski definition) is 4. The van der Waals surface area contributed by atoms with E-state index < -0.39 is 21.0 Å². The molecule has 2 saturated carbocycles. The predicted molar refractivity (Wildman–Crippen MR) is 102 cm³/mol. The van der Waals surface area contributed by atoms with Crippen LogP contribution in [-0.4, -0.2) is 25.1 Å². The van der Waals surface area contributed by atoms with Gasteiger partial charge in [0.2, 0.25) is 0 Å². The minimum Gasteiger partial charge on any atom is -0.393 e. The number of rotatable bonds is 3. The summed E-state index contributed by atoms with van der Waals surface area (Å²) in [6, 6.07) is 0. The van der Waals surface area contributed by atoms with Crippen LogP contribution in [0.4, 0.5) is 13.2 Å². The Morgan fingerprint density at radius 1 is 1.17 bits per heavy atom. The molecule has 4 aliphatic rings. The van der Waals surface area contributed by atoms with Gasteiger partial charge in [-0.2, -0.15) is 21.6 Å². The van der Waals surface area contributed by atoms with E-state index in [1.807, 2.05) is 6.92 Å². The number of aliphatic hydroxyl groups excluding tert-OH is 1. The second kappa shape index (κ2) is 6.74. The van der Waals surface area contributed by atoms with Crippen LogP contribution in [-0.2, 0) is 14.3 Å². The van der Waals surface area contributed by atoms with Crippen LogP contribution in [0, 0.1) is 28.6 Å². The molecule has 29 heavy (non-hydrogen) atoms. The molecular weight excluding hydrogens is 405 g/mol. The van der Waals surface area contributed by atoms with E-state index >= 15 is 0 Å². The lowest BCUT2D eigenvalue weighted by molar-refractivity contribution is -0.0605. The molecule has 2 fully saturated rings. The molecule has 8 heteroatoms. The van der Waals surface area contributed by atoms with Gasteiger partial charge in [0.1, 0.15) is 5.76 Å². The molecule has 6 unspecified atom stereocenters. The van der Waals surface area contributed by atoms with Gasteiger partial charge in [0.05, 0.1) is 6.10 Å². The second-order valence-corrected chi connectivity index (χ2v) is 11.0. The first kappa shape index (κ1) is 21.2. The molecule has 0 aromatic heterocycles. The minimum absolute atomic E-state index is 0.0299. The summed E-state index contributed by atoms with van der Waals surface area (Å²) in [5.41, 5.74) is -4.69. The van der Waals surface area contributed by atoms with E-state index in [-0.39, 0.29) is 23.2 Å². The third kappa shape index (κ3) is 3.08. The van der Waals surface area contributed by atoms with Crippen molar-refractivity contribution in [2.75, 3.05) is 0 Å². The summed E-state index contributed by atoms with van der Waals surface area (Å²) in [6.45, 7) is 4.06. The first-order valence-electron chi connectivity index (χ1n) is 10.5. The molecule has 0 aliphatic heterocycles. The van der Waals surface area contributed by atoms with Crippen LogP contribution in [0.25, 0.3) is 0 Å². The number of alkyl halides is 3. The number of halogens is 3. The van der Waals surface area contributed by atoms with Crippen molar-refractivity contribution in [1.82, 2.24) is 0 Å². The molecule has 4 aliphatic carbocycles. The van der Waals surface area contributed by atoms with Gasteiger partial charge in [-0.3, -0.25) is 0 Å². The van der Waals surface area contributed by atoms with Gasteiger partial charge in [0, 0.05) is 5.41 Å². The van der Waals surface area contributed by atoms with Gasteiger partial charge >= 0.3 is 15.6 Å². The van der Waals surface area contributed by atoms with E-state index in [4.69, 9.17) is 0 Å². The highest BCUT2D eigenvalue weighted by Gasteiger charge is 2.60. The third-order valence-electron chi connectivity index (χ3n) is 8.43. The SMILES string of the molecule is CCC12CCC(O)CC1=CCC1C3CC=C(OS(=O)(=O)C(F)(F)F)C3(C)CCC12. The highest BCUT2D eigenvalue weighted by Crippen LogP contribution is 2.66. The maximum Gasteiger partial charge on any atom is 0.534 e. The zero-order chi connectivity index (χ0) is 21.2. The van der Waals surface area contributed by atoms with E-state index in [9.17, 15) is 26.7 Å². The fourth-order valence-corrected chi connectivity index (χ4v) is 7.51. The zero-order valence-electron chi connectivity index (χ0n) is 16.8. The molecule has 0 aromatic carbocycles. The standard InChI is InChI=1S/C21H29F3O4S/c1-3-20-11-8-14(25)12-13(20)4-5-15-16-6-7-18(19(16,2)10-9-17(15)20)28-29(26,27)21(22,23)24/h4,7,14-17,25H,3,5-6,8-12H2,1-2H3. The molecule has 6 atom stereocenters. The molecule has 164 valence electrons. The highest BCUT2D eigenvalue weighted by atomic mass is 32.2. The Labute approximate surface area is 170 Å². The van der Waals surface area contributed by atoms with Gasteiger partial charge < -0.3 is 9.29 Å². The Morgan fingerprint density at radius 2 is 1.90 bits per heavy atom. The monoisotopic (exact) mass is 434 g/mol. The molecule has 0 bridgehead atoms. The van der Waals surface area contributed by atoms with Crippen LogP contribution >= 0.6 is 0 Å². The normalized spacial score (nSPS) is 42.3. The molecule has 0 heterocycles. The van der Waals surface area contributed by atoms with Crippen LogP contribution < -0.4 is 0 Å². The second-order valence-electron chi connectivity index (χ2n) is 9.49. The third-order valence-corrected chi connectivity index (χ3v) is 9.39. The summed E-state index contributed by atoms with van der Waals surface area (Å²) in [7, 11) is -5.65. The largest absolute Gasteiger partial charge is 0.534 e. The van der Waals surface area contributed by atoms with Crippen molar-refractivity contribution >= 4 is 10.1 Å². The summed E-state index contributed by atoms with van der Waals surface area (Å²) < 4.78 is 66.4. The number of aliphatic hydroxyl groups is 1. The molecule has 4 rings (SSSR count). The maximum absolute atomic E-state index is 12.8. The summed E-state index contributed by atoms with van der Waals surface area (Å²) >= 11 is 0. The smallest absolute Gasteiger partial charge is 0.393 e. The van der Waals surface area contributed by atoms with E-state index in [0.29, 0.717) is 24.7 Å². The Balaban J connectivity index is 1.62. The lowest BCUT2D eigenvalue weighted by atomic mass is 9.46. The van der Waals surface area contributed by atoms with Crippen molar-refractivity contribution in [1.29, 1.82) is 0 Å². The number of allylic oxidation sites excluding steroid dienone is 3. The van der Waals surface area contributed by atoms with Gasteiger partial charge in [-0.15, -0.1) is 0 Å². The summed E-state index contributed by atoms with van der Waals surface area (Å²) in [4.78, 5) is 0. The van der Waals surface area contributed by atoms with Crippen molar-refractivity contribution in [3.05, 3.63) is 23.5 Å². The lowest BCUT2D eigenvalue weighted by Gasteiger charge is -2.58. The fraction of sp³-hybridized carbons (Fsp3) is 0.810. The van der Waals surface area contributed by atoms with Crippen molar-refractivity contribution in [2.45, 2.75) is 76.8 Å². The maximum atomic E-state index is 12.8. The van der Waals surface area contributed by atoms with Crippen molar-refractivity contribution < 1.29 is 30.9 Å². The summed E-state index contributed by atoms with van der Waals surface area (Å²) in [6.07, 6.45) is 9.82. The van der Waals surface area contributed by atoms with Gasteiger partial charge in [-0.1, -0.05) is 25.5 Å². The first-order chi connectivity index (χ1) is 13.4. The van der Waals surface area contributed by atoms with Crippen LogP contribution in [0.5, 0.6) is 0 Å².